The molecule has 0 radical (unpaired) electrons. The second kappa shape index (κ2) is 6.79. The first-order valence-corrected chi connectivity index (χ1v) is 10.2. The zero-order valence-electron chi connectivity index (χ0n) is 14.7. The van der Waals surface area contributed by atoms with Crippen LogP contribution in [0.25, 0.3) is 5.57 Å². The number of hydrogen-bond acceptors (Lipinski definition) is 5. The lowest BCUT2D eigenvalue weighted by atomic mass is 9.98. The molecule has 1 saturated heterocycles. The Balaban J connectivity index is 1.94. The van der Waals surface area contributed by atoms with E-state index in [9.17, 15) is 4.39 Å². The first-order valence-electron chi connectivity index (χ1n) is 8.62. The van der Waals surface area contributed by atoms with Crippen molar-refractivity contribution in [2.75, 3.05) is 19.3 Å². The largest absolute Gasteiger partial charge is 0.376 e. The van der Waals surface area contributed by atoms with Gasteiger partial charge in [0.25, 0.3) is 5.82 Å². The SMILES string of the molecule is CS[N+]12N=CN=C1N=CC(c1c(F)cccc1Cl)=C2N1CCC(C)CC1. The van der Waals surface area contributed by atoms with Crippen molar-refractivity contribution >= 4 is 47.6 Å². The molecule has 0 saturated carbocycles. The van der Waals surface area contributed by atoms with E-state index in [1.807, 2.05) is 6.26 Å². The Kier molecular flexibility index (Phi) is 4.62. The number of hydrogen-bond donors (Lipinski definition) is 0. The van der Waals surface area contributed by atoms with Gasteiger partial charge in [0.2, 0.25) is 0 Å². The van der Waals surface area contributed by atoms with Crippen molar-refractivity contribution in [3.8, 4) is 0 Å². The minimum Gasteiger partial charge on any atom is -0.324 e. The Labute approximate surface area is 161 Å². The van der Waals surface area contributed by atoms with Crippen molar-refractivity contribution in [1.82, 2.24) is 4.90 Å². The summed E-state index contributed by atoms with van der Waals surface area (Å²) in [5.41, 5.74) is 1.05. The highest BCUT2D eigenvalue weighted by Gasteiger charge is 2.51. The molecule has 0 amide bonds. The Morgan fingerprint density at radius 1 is 1.31 bits per heavy atom. The second-order valence-electron chi connectivity index (χ2n) is 6.68. The lowest BCUT2D eigenvalue weighted by Gasteiger charge is -2.39. The number of allylic oxidation sites excluding steroid dienone is 1. The van der Waals surface area contributed by atoms with E-state index in [0.717, 1.165) is 31.8 Å². The third kappa shape index (κ3) is 2.69. The normalized spacial score (nSPS) is 25.7. The fraction of sp³-hybridized carbons (Fsp3) is 0.389. The van der Waals surface area contributed by atoms with E-state index < -0.39 is 0 Å². The number of guanidine groups is 1. The first kappa shape index (κ1) is 17.7. The van der Waals surface area contributed by atoms with Gasteiger partial charge in [-0.2, -0.15) is 9.98 Å². The molecule has 4 rings (SSSR count). The predicted molar refractivity (Wildman–Crippen MR) is 106 cm³/mol. The van der Waals surface area contributed by atoms with E-state index in [1.165, 1.54) is 24.4 Å². The van der Waals surface area contributed by atoms with Crippen LogP contribution >= 0.6 is 23.5 Å². The average molecular weight is 393 g/mol. The van der Waals surface area contributed by atoms with Crippen LogP contribution < -0.4 is 0 Å². The van der Waals surface area contributed by atoms with E-state index in [-0.39, 0.29) is 9.81 Å². The fourth-order valence-electron chi connectivity index (χ4n) is 3.61. The van der Waals surface area contributed by atoms with E-state index in [2.05, 4.69) is 26.9 Å². The highest BCUT2D eigenvalue weighted by atomic mass is 35.5. The van der Waals surface area contributed by atoms with Crippen LogP contribution in [0.3, 0.4) is 0 Å². The summed E-state index contributed by atoms with van der Waals surface area (Å²) in [6.07, 6.45) is 7.35. The van der Waals surface area contributed by atoms with Crippen LogP contribution in [0.4, 0.5) is 4.39 Å². The van der Waals surface area contributed by atoms with Crippen LogP contribution in [0.2, 0.25) is 5.02 Å². The number of aliphatic imine (C=N–C) groups is 2. The van der Waals surface area contributed by atoms with Crippen LogP contribution in [0.1, 0.15) is 25.3 Å². The van der Waals surface area contributed by atoms with E-state index >= 15 is 0 Å². The van der Waals surface area contributed by atoms with Gasteiger partial charge in [-0.15, -0.1) is 0 Å². The topological polar surface area (TPSA) is 40.3 Å². The van der Waals surface area contributed by atoms with Crippen LogP contribution in [0, 0.1) is 11.7 Å². The second-order valence-corrected chi connectivity index (χ2v) is 7.98. The van der Waals surface area contributed by atoms with Crippen molar-refractivity contribution in [3.05, 3.63) is 40.4 Å². The lowest BCUT2D eigenvalue weighted by molar-refractivity contribution is -0.670. The van der Waals surface area contributed by atoms with Crippen LogP contribution in [0.5, 0.6) is 0 Å². The Morgan fingerprint density at radius 3 is 2.77 bits per heavy atom. The molecule has 0 bridgehead atoms. The maximum atomic E-state index is 14.7. The molecule has 8 heteroatoms. The molecule has 3 aliphatic rings. The molecule has 3 heterocycles. The van der Waals surface area contributed by atoms with Gasteiger partial charge in [0, 0.05) is 24.9 Å². The summed E-state index contributed by atoms with van der Waals surface area (Å²) >= 11 is 7.89. The van der Waals surface area contributed by atoms with Gasteiger partial charge in [-0.1, -0.05) is 24.6 Å². The molecule has 26 heavy (non-hydrogen) atoms. The summed E-state index contributed by atoms with van der Waals surface area (Å²) < 4.78 is 14.8. The number of rotatable bonds is 3. The average Bonchev–Trinajstić information content (AvgIpc) is 3.06. The molecule has 3 aliphatic heterocycles. The van der Waals surface area contributed by atoms with Gasteiger partial charge < -0.3 is 4.90 Å². The fourth-order valence-corrected chi connectivity index (χ4v) is 4.66. The zero-order chi connectivity index (χ0) is 18.3. The van der Waals surface area contributed by atoms with Gasteiger partial charge in [-0.25, -0.2) is 4.39 Å². The van der Waals surface area contributed by atoms with E-state index in [1.54, 1.807) is 18.3 Å². The van der Waals surface area contributed by atoms with Crippen molar-refractivity contribution in [1.29, 1.82) is 0 Å². The molecule has 5 nitrogen and oxygen atoms in total. The molecule has 136 valence electrons. The summed E-state index contributed by atoms with van der Waals surface area (Å²) in [4.78, 5) is 11.1. The Bertz CT molecular complexity index is 837. The summed E-state index contributed by atoms with van der Waals surface area (Å²) in [6.45, 7) is 4.05. The quantitative estimate of drug-likeness (QED) is 0.566. The van der Waals surface area contributed by atoms with Crippen molar-refractivity contribution in [3.63, 3.8) is 0 Å². The monoisotopic (exact) mass is 392 g/mol. The smallest absolute Gasteiger partial charge is 0.324 e. The first-order chi connectivity index (χ1) is 12.6. The number of likely N-dealkylation sites (tertiary alicyclic amines) is 1. The zero-order valence-corrected chi connectivity index (χ0v) is 16.3. The molecule has 1 unspecified atom stereocenters. The highest BCUT2D eigenvalue weighted by molar-refractivity contribution is 7.93. The van der Waals surface area contributed by atoms with Gasteiger partial charge in [0.15, 0.2) is 6.34 Å². The summed E-state index contributed by atoms with van der Waals surface area (Å²) in [6, 6.07) is 4.75. The third-order valence-corrected chi connectivity index (χ3v) is 6.35. The number of benzene rings is 1. The molecule has 0 aliphatic carbocycles. The van der Waals surface area contributed by atoms with Gasteiger partial charge in [0.05, 0.1) is 16.8 Å². The van der Waals surface area contributed by atoms with Crippen molar-refractivity contribution in [2.45, 2.75) is 19.8 Å². The van der Waals surface area contributed by atoms with Gasteiger partial charge in [0.1, 0.15) is 17.8 Å². The highest BCUT2D eigenvalue weighted by Crippen LogP contribution is 2.43. The predicted octanol–water partition coefficient (Wildman–Crippen LogP) is 4.37. The maximum Gasteiger partial charge on any atom is 0.376 e. The number of nitrogens with zero attached hydrogens (tertiary/aromatic N) is 5. The summed E-state index contributed by atoms with van der Waals surface area (Å²) in [7, 11) is 0. The van der Waals surface area contributed by atoms with E-state index in [0.29, 0.717) is 28.0 Å². The van der Waals surface area contributed by atoms with Gasteiger partial charge in [-0.05, 0) is 40.0 Å². The molecule has 1 fully saturated rings. The van der Waals surface area contributed by atoms with Crippen LogP contribution in [0.15, 0.2) is 39.1 Å². The van der Waals surface area contributed by atoms with Crippen molar-refractivity contribution < 1.29 is 8.39 Å². The van der Waals surface area contributed by atoms with Crippen LogP contribution in [-0.4, -0.2) is 46.8 Å². The number of fused-ring (bicyclic) bond motifs is 1. The number of quaternary nitrogens is 1. The summed E-state index contributed by atoms with van der Waals surface area (Å²) in [5.74, 6) is 1.80. The van der Waals surface area contributed by atoms with Crippen molar-refractivity contribution in [2.24, 2.45) is 21.0 Å². The standard InChI is InChI=1S/C18H20ClFN5S/c1-12-6-8-24(9-7-12)17-13(16-14(19)4-3-5-15(16)20)10-21-18-22-11-23-25(17,18)26-2/h3-5,10-12H,6-9H2,1-2H3/q+1. The third-order valence-electron chi connectivity index (χ3n) is 5.08. The number of halogens is 2. The minimum absolute atomic E-state index is 0.0882. The van der Waals surface area contributed by atoms with Gasteiger partial charge >= 0.3 is 5.96 Å². The van der Waals surface area contributed by atoms with E-state index in [4.69, 9.17) is 11.6 Å². The maximum absolute atomic E-state index is 14.7. The van der Waals surface area contributed by atoms with Crippen LogP contribution in [-0.2, 0) is 0 Å². The molecule has 0 N–H and O–H groups in total. The minimum atomic E-state index is -0.357. The molecule has 0 spiro atoms. The molecular formula is C18H20ClFN5S+. The lowest BCUT2D eigenvalue weighted by Crippen LogP contribution is -2.49. The summed E-state index contributed by atoms with van der Waals surface area (Å²) in [5, 5.41) is 4.98. The molecule has 0 aromatic heterocycles. The number of piperidine rings is 1. The van der Waals surface area contributed by atoms with Gasteiger partial charge in [-0.3, -0.25) is 0 Å². The molecule has 1 aromatic rings. The molecule has 1 atom stereocenters. The Hall–Kier alpha value is -1.70. The molecule has 1 aromatic carbocycles. The molecular weight excluding hydrogens is 373 g/mol. The Morgan fingerprint density at radius 2 is 2.08 bits per heavy atom.